The second-order valence-corrected chi connectivity index (χ2v) is 6.66. The minimum Gasteiger partial charge on any atom is -0.496 e. The van der Waals surface area contributed by atoms with E-state index < -0.39 is 0 Å². The van der Waals surface area contributed by atoms with Gasteiger partial charge in [0.05, 0.1) is 13.5 Å². The predicted molar refractivity (Wildman–Crippen MR) is 88.6 cm³/mol. The minimum atomic E-state index is -0.124. The molecule has 0 atom stereocenters. The molecule has 0 aliphatic rings. The first-order valence-corrected chi connectivity index (χ1v) is 8.03. The molecule has 0 bridgehead atoms. The lowest BCUT2D eigenvalue weighted by atomic mass is 9.91. The van der Waals surface area contributed by atoms with Crippen molar-refractivity contribution in [1.82, 2.24) is 10.2 Å². The number of hydrogen-bond acceptors (Lipinski definition) is 5. The summed E-state index contributed by atoms with van der Waals surface area (Å²) in [6.07, 6.45) is 1.22. The molecule has 1 aromatic heterocycles. The summed E-state index contributed by atoms with van der Waals surface area (Å²) in [5, 5.41) is 12.5. The highest BCUT2D eigenvalue weighted by Gasteiger charge is 2.23. The standard InChI is InChI=1S/C16H21N3O2S/c1-5-16(2,3)14-18-19-15(22-14)17-13(20)10-11-8-6-7-9-12(11)21-4/h6-9H,5,10H2,1-4H3,(H,17,19,20). The van der Waals surface area contributed by atoms with E-state index in [4.69, 9.17) is 4.74 Å². The lowest BCUT2D eigenvalue weighted by Crippen LogP contribution is -2.15. The minimum absolute atomic E-state index is 0.0245. The van der Waals surface area contributed by atoms with Crippen molar-refractivity contribution in [3.8, 4) is 5.75 Å². The van der Waals surface area contributed by atoms with Crippen LogP contribution in [0.2, 0.25) is 0 Å². The number of ether oxygens (including phenoxy) is 1. The molecule has 0 aliphatic carbocycles. The normalized spacial score (nSPS) is 11.3. The maximum absolute atomic E-state index is 12.2. The van der Waals surface area contributed by atoms with Crippen molar-refractivity contribution < 1.29 is 9.53 Å². The van der Waals surface area contributed by atoms with Crippen LogP contribution in [0.25, 0.3) is 0 Å². The Morgan fingerprint density at radius 3 is 2.73 bits per heavy atom. The average molecular weight is 319 g/mol. The van der Waals surface area contributed by atoms with Crippen molar-refractivity contribution in [3.63, 3.8) is 0 Å². The summed E-state index contributed by atoms with van der Waals surface area (Å²) in [4.78, 5) is 12.2. The predicted octanol–water partition coefficient (Wildman–Crippen LogP) is 3.42. The Hall–Kier alpha value is -1.95. The Morgan fingerprint density at radius 2 is 2.05 bits per heavy atom. The molecule has 2 aromatic rings. The molecule has 1 N–H and O–H groups in total. The number of para-hydroxylation sites is 1. The van der Waals surface area contributed by atoms with Crippen molar-refractivity contribution in [1.29, 1.82) is 0 Å². The van der Waals surface area contributed by atoms with E-state index in [9.17, 15) is 4.79 Å². The summed E-state index contributed by atoms with van der Waals surface area (Å²) in [6, 6.07) is 7.49. The van der Waals surface area contributed by atoms with Gasteiger partial charge in [0.25, 0.3) is 0 Å². The zero-order chi connectivity index (χ0) is 16.2. The van der Waals surface area contributed by atoms with Crippen LogP contribution in [0.15, 0.2) is 24.3 Å². The number of amides is 1. The fourth-order valence-corrected chi connectivity index (χ4v) is 2.82. The number of methoxy groups -OCH3 is 1. The van der Waals surface area contributed by atoms with Gasteiger partial charge >= 0.3 is 0 Å². The van der Waals surface area contributed by atoms with Crippen LogP contribution < -0.4 is 10.1 Å². The van der Waals surface area contributed by atoms with Gasteiger partial charge in [-0.2, -0.15) is 0 Å². The molecule has 1 amide bonds. The fourth-order valence-electron chi connectivity index (χ4n) is 1.88. The summed E-state index contributed by atoms with van der Waals surface area (Å²) in [5.41, 5.74) is 0.824. The van der Waals surface area contributed by atoms with Gasteiger partial charge in [-0.05, 0) is 12.5 Å². The van der Waals surface area contributed by atoms with E-state index in [1.165, 1.54) is 11.3 Å². The Balaban J connectivity index is 2.04. The van der Waals surface area contributed by atoms with Crippen LogP contribution in [0.4, 0.5) is 5.13 Å². The molecule has 0 radical (unpaired) electrons. The summed E-state index contributed by atoms with van der Waals surface area (Å²) in [6.45, 7) is 6.35. The summed E-state index contributed by atoms with van der Waals surface area (Å²) < 4.78 is 5.25. The van der Waals surface area contributed by atoms with Gasteiger partial charge in [0.1, 0.15) is 10.8 Å². The van der Waals surface area contributed by atoms with E-state index in [0.717, 1.165) is 17.0 Å². The molecule has 22 heavy (non-hydrogen) atoms. The summed E-state index contributed by atoms with van der Waals surface area (Å²) in [5.74, 6) is 0.587. The largest absolute Gasteiger partial charge is 0.496 e. The van der Waals surface area contributed by atoms with Crippen molar-refractivity contribution in [2.45, 2.75) is 39.0 Å². The Morgan fingerprint density at radius 1 is 1.32 bits per heavy atom. The summed E-state index contributed by atoms with van der Waals surface area (Å²) >= 11 is 1.43. The molecule has 1 aromatic carbocycles. The molecule has 0 fully saturated rings. The van der Waals surface area contributed by atoms with Crippen LogP contribution in [0.1, 0.15) is 37.8 Å². The van der Waals surface area contributed by atoms with Gasteiger partial charge in [0.15, 0.2) is 0 Å². The first-order valence-electron chi connectivity index (χ1n) is 7.22. The smallest absolute Gasteiger partial charge is 0.230 e. The van der Waals surface area contributed by atoms with Gasteiger partial charge in [0.2, 0.25) is 11.0 Å². The third-order valence-corrected chi connectivity index (χ3v) is 4.88. The van der Waals surface area contributed by atoms with Crippen LogP contribution in [0.5, 0.6) is 5.75 Å². The molecule has 6 heteroatoms. The Kier molecular flexibility index (Phi) is 5.13. The topological polar surface area (TPSA) is 64.1 Å². The number of hydrogen-bond donors (Lipinski definition) is 1. The molecule has 0 unspecified atom stereocenters. The van der Waals surface area contributed by atoms with Gasteiger partial charge in [-0.25, -0.2) is 0 Å². The van der Waals surface area contributed by atoms with Crippen LogP contribution >= 0.6 is 11.3 Å². The molecular formula is C16H21N3O2S. The van der Waals surface area contributed by atoms with Crippen molar-refractivity contribution in [2.24, 2.45) is 0 Å². The van der Waals surface area contributed by atoms with Crippen molar-refractivity contribution in [2.75, 3.05) is 12.4 Å². The second-order valence-electron chi connectivity index (χ2n) is 5.69. The Bertz CT molecular complexity index is 652. The number of benzene rings is 1. The number of carbonyl (C=O) groups excluding carboxylic acids is 1. The second kappa shape index (κ2) is 6.87. The maximum atomic E-state index is 12.2. The van der Waals surface area contributed by atoms with Gasteiger partial charge < -0.3 is 10.1 Å². The number of nitrogens with zero attached hydrogens (tertiary/aromatic N) is 2. The number of anilines is 1. The van der Waals surface area contributed by atoms with Crippen LogP contribution in [-0.2, 0) is 16.6 Å². The zero-order valence-corrected chi connectivity index (χ0v) is 14.2. The van der Waals surface area contributed by atoms with E-state index in [-0.39, 0.29) is 17.7 Å². The first-order chi connectivity index (χ1) is 10.5. The fraction of sp³-hybridized carbons (Fsp3) is 0.438. The number of aromatic nitrogens is 2. The van der Waals surface area contributed by atoms with Crippen molar-refractivity contribution >= 4 is 22.4 Å². The zero-order valence-electron chi connectivity index (χ0n) is 13.3. The average Bonchev–Trinajstić information content (AvgIpc) is 2.97. The highest BCUT2D eigenvalue weighted by atomic mass is 32.1. The lowest BCUT2D eigenvalue weighted by Gasteiger charge is -2.17. The Labute approximate surface area is 134 Å². The molecule has 0 saturated carbocycles. The van der Waals surface area contributed by atoms with E-state index in [0.29, 0.717) is 10.9 Å². The first kappa shape index (κ1) is 16.4. The highest BCUT2D eigenvalue weighted by molar-refractivity contribution is 7.15. The van der Waals surface area contributed by atoms with Gasteiger partial charge in [-0.1, -0.05) is 50.3 Å². The van der Waals surface area contributed by atoms with E-state index >= 15 is 0 Å². The number of carbonyl (C=O) groups is 1. The van der Waals surface area contributed by atoms with Crippen LogP contribution in [0.3, 0.4) is 0 Å². The molecular weight excluding hydrogens is 298 g/mol. The van der Waals surface area contributed by atoms with Gasteiger partial charge in [-0.15, -0.1) is 10.2 Å². The molecule has 0 saturated heterocycles. The molecule has 118 valence electrons. The third-order valence-electron chi connectivity index (χ3n) is 3.68. The van der Waals surface area contributed by atoms with Crippen LogP contribution in [-0.4, -0.2) is 23.2 Å². The molecule has 5 nitrogen and oxygen atoms in total. The number of rotatable bonds is 6. The SMILES string of the molecule is CCC(C)(C)c1nnc(NC(=O)Cc2ccccc2OC)s1. The van der Waals surface area contributed by atoms with Gasteiger partial charge in [-0.3, -0.25) is 4.79 Å². The molecule has 0 aliphatic heterocycles. The van der Waals surface area contributed by atoms with E-state index in [1.807, 2.05) is 24.3 Å². The molecule has 0 spiro atoms. The highest BCUT2D eigenvalue weighted by Crippen LogP contribution is 2.31. The monoisotopic (exact) mass is 319 g/mol. The van der Waals surface area contributed by atoms with E-state index in [2.05, 4.69) is 36.3 Å². The molecule has 2 rings (SSSR count). The maximum Gasteiger partial charge on any atom is 0.230 e. The van der Waals surface area contributed by atoms with Crippen molar-refractivity contribution in [3.05, 3.63) is 34.8 Å². The molecule has 1 heterocycles. The van der Waals surface area contributed by atoms with E-state index in [1.54, 1.807) is 7.11 Å². The van der Waals surface area contributed by atoms with Crippen LogP contribution in [0, 0.1) is 0 Å². The van der Waals surface area contributed by atoms with Gasteiger partial charge in [0, 0.05) is 11.0 Å². The number of nitrogens with one attached hydrogen (secondary N) is 1. The summed E-state index contributed by atoms with van der Waals surface area (Å²) in [7, 11) is 1.60. The third kappa shape index (κ3) is 3.82. The lowest BCUT2D eigenvalue weighted by molar-refractivity contribution is -0.115. The quantitative estimate of drug-likeness (QED) is 0.886.